The Morgan fingerprint density at radius 2 is 1.94 bits per heavy atom. The molecule has 0 bridgehead atoms. The minimum Gasteiger partial charge on any atom is -0.462 e. The maximum atomic E-state index is 13.6. The van der Waals surface area contributed by atoms with Crippen molar-refractivity contribution in [3.63, 3.8) is 0 Å². The van der Waals surface area contributed by atoms with E-state index in [1.807, 2.05) is 34.6 Å². The summed E-state index contributed by atoms with van der Waals surface area (Å²) in [6.07, 6.45) is 4.33. The van der Waals surface area contributed by atoms with Crippen LogP contribution in [0.25, 0.3) is 10.9 Å². The zero-order valence-corrected chi connectivity index (χ0v) is 22.2. The predicted molar refractivity (Wildman–Crippen MR) is 137 cm³/mol. The SMILES string of the molecule is CCOC(=O)c1c(NC(=O)C(C)n2nc(C(C)C)c3cnn(C(C)(C)C)c3c2=O)sc2c1CCC2. The van der Waals surface area contributed by atoms with Crippen LogP contribution in [0.4, 0.5) is 5.00 Å². The van der Waals surface area contributed by atoms with Gasteiger partial charge in [0.1, 0.15) is 16.6 Å². The maximum Gasteiger partial charge on any atom is 0.341 e. The van der Waals surface area contributed by atoms with E-state index in [9.17, 15) is 14.4 Å². The topological polar surface area (TPSA) is 108 Å². The monoisotopic (exact) mass is 499 g/mol. The van der Waals surface area contributed by atoms with Gasteiger partial charge in [-0.2, -0.15) is 10.2 Å². The lowest BCUT2D eigenvalue weighted by atomic mass is 10.1. The number of rotatable bonds is 6. The van der Waals surface area contributed by atoms with Gasteiger partial charge in [0.15, 0.2) is 0 Å². The molecule has 0 fully saturated rings. The number of nitrogens with one attached hydrogen (secondary N) is 1. The summed E-state index contributed by atoms with van der Waals surface area (Å²) in [5.41, 5.74) is 1.74. The Morgan fingerprint density at radius 3 is 2.57 bits per heavy atom. The first-order valence-electron chi connectivity index (χ1n) is 12.1. The van der Waals surface area contributed by atoms with E-state index >= 15 is 0 Å². The number of hydrogen-bond donors (Lipinski definition) is 1. The highest BCUT2D eigenvalue weighted by Gasteiger charge is 2.31. The van der Waals surface area contributed by atoms with Crippen LogP contribution in [0.1, 0.15) is 93.3 Å². The Hall–Kier alpha value is -3.01. The van der Waals surface area contributed by atoms with E-state index in [0.29, 0.717) is 27.2 Å². The van der Waals surface area contributed by atoms with Crippen LogP contribution in [0.15, 0.2) is 11.0 Å². The smallest absolute Gasteiger partial charge is 0.341 e. The first-order chi connectivity index (χ1) is 16.5. The van der Waals surface area contributed by atoms with Crippen LogP contribution in [0.2, 0.25) is 0 Å². The van der Waals surface area contributed by atoms with Crippen molar-refractivity contribution in [2.45, 2.75) is 85.2 Å². The third-order valence-corrected chi connectivity index (χ3v) is 7.44. The zero-order valence-electron chi connectivity index (χ0n) is 21.4. The summed E-state index contributed by atoms with van der Waals surface area (Å²) in [4.78, 5) is 40.8. The predicted octanol–water partition coefficient (Wildman–Crippen LogP) is 4.40. The van der Waals surface area contributed by atoms with Crippen LogP contribution in [-0.2, 0) is 27.9 Å². The molecule has 0 aromatic carbocycles. The average molecular weight is 500 g/mol. The molecule has 1 unspecified atom stereocenters. The average Bonchev–Trinajstić information content (AvgIpc) is 3.47. The Bertz CT molecular complexity index is 1360. The molecule has 1 aliphatic carbocycles. The third-order valence-electron chi connectivity index (χ3n) is 6.24. The van der Waals surface area contributed by atoms with Crippen molar-refractivity contribution >= 4 is 39.1 Å². The largest absolute Gasteiger partial charge is 0.462 e. The maximum absolute atomic E-state index is 13.6. The molecule has 1 amide bonds. The molecule has 35 heavy (non-hydrogen) atoms. The highest BCUT2D eigenvalue weighted by Crippen LogP contribution is 2.39. The van der Waals surface area contributed by atoms with Gasteiger partial charge in [0.2, 0.25) is 5.91 Å². The minimum atomic E-state index is -0.903. The summed E-state index contributed by atoms with van der Waals surface area (Å²) in [5, 5.41) is 13.1. The molecule has 0 spiro atoms. The number of amides is 1. The number of carbonyl (C=O) groups is 2. The summed E-state index contributed by atoms with van der Waals surface area (Å²) in [7, 11) is 0. The highest BCUT2D eigenvalue weighted by atomic mass is 32.1. The van der Waals surface area contributed by atoms with Crippen LogP contribution < -0.4 is 10.9 Å². The molecule has 0 saturated heterocycles. The fraction of sp³-hybridized carbons (Fsp3) is 0.560. The summed E-state index contributed by atoms with van der Waals surface area (Å²) in [6, 6.07) is -0.903. The summed E-state index contributed by atoms with van der Waals surface area (Å²) < 4.78 is 8.20. The molecule has 10 heteroatoms. The van der Waals surface area contributed by atoms with Crippen LogP contribution in [0.3, 0.4) is 0 Å². The minimum absolute atomic E-state index is 0.0212. The number of aromatic nitrogens is 4. The lowest BCUT2D eigenvalue weighted by Gasteiger charge is -2.22. The van der Waals surface area contributed by atoms with Crippen molar-refractivity contribution in [3.8, 4) is 0 Å². The number of fused-ring (bicyclic) bond motifs is 2. The van der Waals surface area contributed by atoms with Crippen molar-refractivity contribution < 1.29 is 14.3 Å². The molecule has 3 aromatic rings. The standard InChI is InChI=1S/C25H33N5O4S/c1-8-34-24(33)18-15-10-9-11-17(15)35-22(18)27-21(31)14(4)29-23(32)20-16(19(28-29)13(2)3)12-26-30(20)25(5,6)7/h12-14H,8-11H2,1-7H3,(H,27,31). The van der Waals surface area contributed by atoms with Crippen LogP contribution in [-0.4, -0.2) is 38.0 Å². The zero-order chi connectivity index (χ0) is 25.7. The van der Waals surface area contributed by atoms with Gasteiger partial charge in [-0.3, -0.25) is 14.3 Å². The summed E-state index contributed by atoms with van der Waals surface area (Å²) in [6.45, 7) is 13.6. The number of hydrogen-bond acceptors (Lipinski definition) is 7. The van der Waals surface area contributed by atoms with Gasteiger partial charge in [-0.15, -0.1) is 11.3 Å². The van der Waals surface area contributed by atoms with Crippen molar-refractivity contribution in [2.24, 2.45) is 0 Å². The fourth-order valence-corrected chi connectivity index (χ4v) is 5.78. The molecule has 0 radical (unpaired) electrons. The molecule has 0 saturated carbocycles. The first kappa shape index (κ1) is 25.1. The second-order valence-electron chi connectivity index (χ2n) is 10.2. The molecule has 3 aromatic heterocycles. The van der Waals surface area contributed by atoms with Gasteiger partial charge >= 0.3 is 5.97 Å². The second kappa shape index (κ2) is 9.22. The Labute approximate surface area is 208 Å². The molecule has 188 valence electrons. The van der Waals surface area contributed by atoms with Crippen molar-refractivity contribution in [1.29, 1.82) is 0 Å². The normalized spacial score (nSPS) is 14.4. The molecule has 9 nitrogen and oxygen atoms in total. The molecule has 1 aliphatic rings. The molecular weight excluding hydrogens is 466 g/mol. The molecule has 0 aliphatic heterocycles. The first-order valence-corrected chi connectivity index (χ1v) is 12.9. The van der Waals surface area contributed by atoms with E-state index in [2.05, 4.69) is 15.5 Å². The fourth-order valence-electron chi connectivity index (χ4n) is 4.50. The Kier molecular flexibility index (Phi) is 6.61. The van der Waals surface area contributed by atoms with Crippen molar-refractivity contribution in [3.05, 3.63) is 38.2 Å². The number of thiophene rings is 1. The number of esters is 1. The molecule has 3 heterocycles. The van der Waals surface area contributed by atoms with Gasteiger partial charge < -0.3 is 10.1 Å². The van der Waals surface area contributed by atoms with Gasteiger partial charge in [0.05, 0.1) is 29.6 Å². The van der Waals surface area contributed by atoms with Crippen molar-refractivity contribution in [1.82, 2.24) is 19.6 Å². The van der Waals surface area contributed by atoms with Gasteiger partial charge in [0.25, 0.3) is 5.56 Å². The number of anilines is 1. The highest BCUT2D eigenvalue weighted by molar-refractivity contribution is 7.17. The van der Waals surface area contributed by atoms with E-state index in [0.717, 1.165) is 29.7 Å². The third kappa shape index (κ3) is 4.39. The van der Waals surface area contributed by atoms with Crippen LogP contribution >= 0.6 is 11.3 Å². The van der Waals surface area contributed by atoms with Crippen LogP contribution in [0.5, 0.6) is 0 Å². The van der Waals surface area contributed by atoms with E-state index in [-0.39, 0.29) is 18.1 Å². The number of nitrogens with zero attached hydrogens (tertiary/aromatic N) is 4. The Morgan fingerprint density at radius 1 is 1.23 bits per heavy atom. The Balaban J connectivity index is 1.76. The lowest BCUT2D eigenvalue weighted by Crippen LogP contribution is -2.36. The van der Waals surface area contributed by atoms with E-state index in [1.165, 1.54) is 16.0 Å². The quantitative estimate of drug-likeness (QED) is 0.504. The second-order valence-corrected chi connectivity index (χ2v) is 11.3. The van der Waals surface area contributed by atoms with Gasteiger partial charge in [0, 0.05) is 10.3 Å². The van der Waals surface area contributed by atoms with Crippen LogP contribution in [0, 0.1) is 0 Å². The summed E-state index contributed by atoms with van der Waals surface area (Å²) >= 11 is 1.41. The van der Waals surface area contributed by atoms with Gasteiger partial charge in [-0.05, 0) is 65.4 Å². The lowest BCUT2D eigenvalue weighted by molar-refractivity contribution is -0.119. The number of carbonyl (C=O) groups excluding carboxylic acids is 2. The number of ether oxygens (including phenoxy) is 1. The molecule has 4 rings (SSSR count). The summed E-state index contributed by atoms with van der Waals surface area (Å²) in [5.74, 6) is -0.823. The van der Waals surface area contributed by atoms with E-state index < -0.39 is 23.5 Å². The molecule has 1 N–H and O–H groups in total. The van der Waals surface area contributed by atoms with Gasteiger partial charge in [-0.1, -0.05) is 13.8 Å². The van der Waals surface area contributed by atoms with Gasteiger partial charge in [-0.25, -0.2) is 9.48 Å². The van der Waals surface area contributed by atoms with E-state index in [4.69, 9.17) is 4.74 Å². The number of aryl methyl sites for hydroxylation is 1. The van der Waals surface area contributed by atoms with E-state index in [1.54, 1.807) is 24.7 Å². The van der Waals surface area contributed by atoms with Crippen molar-refractivity contribution in [2.75, 3.05) is 11.9 Å². The molecular formula is C25H33N5O4S. The molecule has 1 atom stereocenters.